The van der Waals surface area contributed by atoms with Crippen molar-refractivity contribution in [2.24, 2.45) is 0 Å². The second kappa shape index (κ2) is 10.9. The van der Waals surface area contributed by atoms with E-state index in [2.05, 4.69) is 40.7 Å². The van der Waals surface area contributed by atoms with Gasteiger partial charge in [0.1, 0.15) is 11.6 Å². The molecule has 2 aromatic rings. The molecule has 0 bridgehead atoms. The van der Waals surface area contributed by atoms with Gasteiger partial charge in [-0.3, -0.25) is 0 Å². The third-order valence-corrected chi connectivity index (χ3v) is 5.49. The Kier molecular flexibility index (Phi) is 7.94. The highest BCUT2D eigenvalue weighted by atomic mass is 19.1. The fourth-order valence-electron chi connectivity index (χ4n) is 3.82. The number of halogens is 1. The number of pyridine rings is 1. The van der Waals surface area contributed by atoms with Crippen molar-refractivity contribution in [1.29, 1.82) is 0 Å². The molecule has 2 aromatic heterocycles. The molecule has 0 spiro atoms. The van der Waals surface area contributed by atoms with Gasteiger partial charge >= 0.3 is 0 Å². The molecule has 1 fully saturated rings. The van der Waals surface area contributed by atoms with Crippen LogP contribution < -0.4 is 10.6 Å². The molecule has 2 N–H and O–H groups in total. The predicted molar refractivity (Wildman–Crippen MR) is 124 cm³/mol. The smallest absolute Gasteiger partial charge is 0.223 e. The molecule has 2 heterocycles. The number of unbranched alkanes of at least 4 members (excludes halogenated alkanes) is 1. The molecular weight excluding hydrogens is 377 g/mol. The average molecular weight is 410 g/mol. The van der Waals surface area contributed by atoms with Gasteiger partial charge < -0.3 is 10.6 Å². The van der Waals surface area contributed by atoms with E-state index < -0.39 is 5.83 Å². The van der Waals surface area contributed by atoms with E-state index in [9.17, 15) is 4.39 Å². The van der Waals surface area contributed by atoms with E-state index in [4.69, 9.17) is 4.98 Å². The van der Waals surface area contributed by atoms with Crippen molar-refractivity contribution in [1.82, 2.24) is 15.0 Å². The fraction of sp³-hybridized carbons (Fsp3) is 0.458. The molecule has 0 radical (unpaired) electrons. The maximum Gasteiger partial charge on any atom is 0.223 e. The highest BCUT2D eigenvalue weighted by molar-refractivity contribution is 5.91. The van der Waals surface area contributed by atoms with Crippen LogP contribution in [0.4, 0.5) is 16.2 Å². The summed E-state index contributed by atoms with van der Waals surface area (Å²) in [5.41, 5.74) is 2.91. The number of rotatable bonds is 10. The van der Waals surface area contributed by atoms with Crippen molar-refractivity contribution in [2.75, 3.05) is 23.7 Å². The number of nitrogens with one attached hydrogen (secondary N) is 2. The van der Waals surface area contributed by atoms with E-state index >= 15 is 0 Å². The van der Waals surface area contributed by atoms with Gasteiger partial charge in [0.05, 0.1) is 10.9 Å². The summed E-state index contributed by atoms with van der Waals surface area (Å²) in [6.45, 7) is 10.6. The van der Waals surface area contributed by atoms with E-state index in [1.54, 1.807) is 6.08 Å². The molecule has 1 aliphatic carbocycles. The Bertz CT molecular complexity index is 915. The van der Waals surface area contributed by atoms with Crippen LogP contribution in [0.1, 0.15) is 63.4 Å². The predicted octanol–water partition coefficient (Wildman–Crippen LogP) is 6.29. The topological polar surface area (TPSA) is 62.7 Å². The number of fused-ring (bicyclic) bond motifs is 1. The van der Waals surface area contributed by atoms with Gasteiger partial charge in [-0.2, -0.15) is 0 Å². The van der Waals surface area contributed by atoms with Crippen molar-refractivity contribution in [3.05, 3.63) is 54.7 Å². The molecule has 1 saturated carbocycles. The molecule has 0 unspecified atom stereocenters. The summed E-state index contributed by atoms with van der Waals surface area (Å²) in [6.07, 6.45) is 15.1. The Morgan fingerprint density at radius 2 is 1.93 bits per heavy atom. The average Bonchev–Trinajstić information content (AvgIpc) is 2.76. The van der Waals surface area contributed by atoms with Crippen LogP contribution in [0.2, 0.25) is 0 Å². The standard InChI is InChI=1S/C24H32FN5/c1-4-5-13-26-24-29-16-21-22(30-24)20(19-9-7-6-8-10-19)15-28-23(21)27-14-17(2)11-12-18(3)25/h11-12,15-16,19H,2-10,13-14H2,1H3,(H,27,28)(H,26,29,30)/b12-11-. The van der Waals surface area contributed by atoms with E-state index in [-0.39, 0.29) is 0 Å². The minimum atomic E-state index is -0.493. The molecule has 30 heavy (non-hydrogen) atoms. The number of aromatic nitrogens is 3. The van der Waals surface area contributed by atoms with Gasteiger partial charge in [-0.05, 0) is 36.8 Å². The number of anilines is 2. The van der Waals surface area contributed by atoms with Gasteiger partial charge in [0, 0.05) is 31.0 Å². The first-order valence-electron chi connectivity index (χ1n) is 10.9. The SMILES string of the molecule is C=C(F)/C=C\C(=C)CNc1ncc(C2CCCCC2)c2nc(NCCCC)ncc12. The Morgan fingerprint density at radius 3 is 2.67 bits per heavy atom. The molecule has 0 atom stereocenters. The van der Waals surface area contributed by atoms with Crippen molar-refractivity contribution in [2.45, 2.75) is 57.8 Å². The number of nitrogens with zero attached hydrogens (tertiary/aromatic N) is 3. The third-order valence-electron chi connectivity index (χ3n) is 5.49. The molecule has 0 aromatic carbocycles. The van der Waals surface area contributed by atoms with Gasteiger partial charge in [0.25, 0.3) is 0 Å². The van der Waals surface area contributed by atoms with Crippen LogP contribution in [-0.4, -0.2) is 28.0 Å². The zero-order valence-electron chi connectivity index (χ0n) is 17.9. The maximum absolute atomic E-state index is 12.8. The zero-order chi connectivity index (χ0) is 21.3. The largest absolute Gasteiger partial charge is 0.365 e. The molecule has 160 valence electrons. The number of allylic oxidation sites excluding steroid dienone is 2. The summed E-state index contributed by atoms with van der Waals surface area (Å²) in [5.74, 6) is 1.39. The lowest BCUT2D eigenvalue weighted by molar-refractivity contribution is 0.444. The summed E-state index contributed by atoms with van der Waals surface area (Å²) in [6, 6.07) is 0. The van der Waals surface area contributed by atoms with Gasteiger partial charge in [0.15, 0.2) is 0 Å². The van der Waals surface area contributed by atoms with Crippen LogP contribution in [0.25, 0.3) is 10.9 Å². The summed E-state index contributed by atoms with van der Waals surface area (Å²) in [5, 5.41) is 7.54. The zero-order valence-corrected chi connectivity index (χ0v) is 17.9. The van der Waals surface area contributed by atoms with Crippen LogP contribution >= 0.6 is 0 Å². The van der Waals surface area contributed by atoms with E-state index in [1.807, 2.05) is 12.4 Å². The van der Waals surface area contributed by atoms with Crippen LogP contribution in [0.15, 0.2) is 49.1 Å². The van der Waals surface area contributed by atoms with E-state index in [0.717, 1.165) is 41.7 Å². The Morgan fingerprint density at radius 1 is 1.13 bits per heavy atom. The fourth-order valence-corrected chi connectivity index (χ4v) is 3.82. The minimum absolute atomic E-state index is 0.450. The minimum Gasteiger partial charge on any atom is -0.365 e. The molecule has 0 aliphatic heterocycles. The lowest BCUT2D eigenvalue weighted by Gasteiger charge is -2.23. The van der Waals surface area contributed by atoms with Gasteiger partial charge in [0.2, 0.25) is 5.95 Å². The molecule has 0 saturated heterocycles. The third kappa shape index (κ3) is 5.88. The van der Waals surface area contributed by atoms with Crippen LogP contribution in [0.5, 0.6) is 0 Å². The first kappa shape index (κ1) is 21.9. The Labute approximate surface area is 178 Å². The van der Waals surface area contributed by atoms with Crippen LogP contribution in [0.3, 0.4) is 0 Å². The van der Waals surface area contributed by atoms with Gasteiger partial charge in [-0.15, -0.1) is 0 Å². The molecule has 1 aliphatic rings. The normalized spacial score (nSPS) is 14.9. The maximum atomic E-state index is 12.8. The van der Waals surface area contributed by atoms with Gasteiger partial charge in [-0.25, -0.2) is 19.3 Å². The highest BCUT2D eigenvalue weighted by Gasteiger charge is 2.21. The van der Waals surface area contributed by atoms with Crippen LogP contribution in [-0.2, 0) is 0 Å². The number of hydrogen-bond acceptors (Lipinski definition) is 5. The first-order valence-corrected chi connectivity index (χ1v) is 10.9. The van der Waals surface area contributed by atoms with E-state index in [1.165, 1.54) is 43.7 Å². The van der Waals surface area contributed by atoms with E-state index in [0.29, 0.717) is 18.4 Å². The lowest BCUT2D eigenvalue weighted by Crippen LogP contribution is -2.11. The summed E-state index contributed by atoms with van der Waals surface area (Å²) >= 11 is 0. The monoisotopic (exact) mass is 409 g/mol. The number of hydrogen-bond donors (Lipinski definition) is 2. The van der Waals surface area contributed by atoms with Crippen molar-refractivity contribution in [3.63, 3.8) is 0 Å². The van der Waals surface area contributed by atoms with Crippen molar-refractivity contribution in [3.8, 4) is 0 Å². The van der Waals surface area contributed by atoms with Crippen molar-refractivity contribution < 1.29 is 4.39 Å². The summed E-state index contributed by atoms with van der Waals surface area (Å²) < 4.78 is 12.8. The molecule has 6 heteroatoms. The summed E-state index contributed by atoms with van der Waals surface area (Å²) in [4.78, 5) is 14.1. The molecule has 5 nitrogen and oxygen atoms in total. The lowest BCUT2D eigenvalue weighted by atomic mass is 9.84. The molecular formula is C24H32FN5. The second-order valence-corrected chi connectivity index (χ2v) is 7.93. The Hall–Kier alpha value is -2.76. The van der Waals surface area contributed by atoms with Crippen LogP contribution in [0, 0.1) is 0 Å². The highest BCUT2D eigenvalue weighted by Crippen LogP contribution is 2.37. The quantitative estimate of drug-likeness (QED) is 0.356. The van der Waals surface area contributed by atoms with Gasteiger partial charge in [-0.1, -0.05) is 51.8 Å². The molecule has 3 rings (SSSR count). The van der Waals surface area contributed by atoms with Crippen molar-refractivity contribution >= 4 is 22.7 Å². The summed E-state index contributed by atoms with van der Waals surface area (Å²) in [7, 11) is 0. The molecule has 0 amide bonds. The first-order chi connectivity index (χ1) is 14.6. The second-order valence-electron chi connectivity index (χ2n) is 7.93. The Balaban J connectivity index is 1.88.